The highest BCUT2D eigenvalue weighted by Gasteiger charge is 2.36. The molecule has 0 bridgehead atoms. The van der Waals surface area contributed by atoms with Gasteiger partial charge in [0.25, 0.3) is 0 Å². The molecule has 2 saturated heterocycles. The van der Waals surface area contributed by atoms with Crippen molar-refractivity contribution < 1.29 is 14.3 Å². The molecule has 2 aliphatic rings. The van der Waals surface area contributed by atoms with Crippen molar-refractivity contribution in [2.45, 2.75) is 33.4 Å². The predicted molar refractivity (Wildman–Crippen MR) is 113 cm³/mol. The molecule has 2 aliphatic heterocycles. The molecule has 29 heavy (non-hydrogen) atoms. The second kappa shape index (κ2) is 9.91. The van der Waals surface area contributed by atoms with Crippen LogP contribution >= 0.6 is 0 Å². The van der Waals surface area contributed by atoms with E-state index in [-0.39, 0.29) is 23.9 Å². The fraction of sp³-hybridized carbons (Fsp3) is 0.667. The van der Waals surface area contributed by atoms with Gasteiger partial charge in [0.2, 0.25) is 0 Å². The third-order valence-corrected chi connectivity index (χ3v) is 5.54. The number of ether oxygens (including phenoxy) is 2. The summed E-state index contributed by atoms with van der Waals surface area (Å²) in [7, 11) is 1.45. The molecule has 8 nitrogen and oxygen atoms in total. The Morgan fingerprint density at radius 1 is 1.34 bits per heavy atom. The number of hydrogen-bond donors (Lipinski definition) is 1. The van der Waals surface area contributed by atoms with Gasteiger partial charge >= 0.3 is 5.97 Å². The number of methoxy groups -OCH3 is 1. The third kappa shape index (κ3) is 5.38. The first kappa shape index (κ1) is 21.4. The number of hydrogen-bond acceptors (Lipinski definition) is 6. The van der Waals surface area contributed by atoms with E-state index in [9.17, 15) is 4.79 Å². The van der Waals surface area contributed by atoms with Gasteiger partial charge in [0.15, 0.2) is 5.96 Å². The van der Waals surface area contributed by atoms with E-state index in [1.165, 1.54) is 7.11 Å². The van der Waals surface area contributed by atoms with Crippen LogP contribution in [0.2, 0.25) is 0 Å². The number of guanidine groups is 1. The second-order valence-electron chi connectivity index (χ2n) is 7.83. The number of carbonyl (C=O) groups excluding carboxylic acids is 1. The normalized spacial score (nSPS) is 25.2. The standard InChI is InChI=1S/C21H33N5O3/c1-5-22-21(26-12-15(2)18(14-26)20(27)28-4)24-11-17-6-7-19(23-10-17)25-8-9-29-16(3)13-25/h6-7,10,15-16,18H,5,8-9,11-14H2,1-4H3,(H,22,24). The minimum atomic E-state index is -0.145. The topological polar surface area (TPSA) is 79.3 Å². The highest BCUT2D eigenvalue weighted by Crippen LogP contribution is 2.24. The monoisotopic (exact) mass is 403 g/mol. The zero-order valence-electron chi connectivity index (χ0n) is 17.9. The molecule has 1 aromatic rings. The van der Waals surface area contributed by atoms with E-state index in [4.69, 9.17) is 14.5 Å². The zero-order chi connectivity index (χ0) is 20.8. The van der Waals surface area contributed by atoms with Gasteiger partial charge in [0.05, 0.1) is 32.3 Å². The SMILES string of the molecule is CCNC(=NCc1ccc(N2CCOC(C)C2)nc1)N1CC(C)C(C(=O)OC)C1. The fourth-order valence-electron chi connectivity index (χ4n) is 3.91. The summed E-state index contributed by atoms with van der Waals surface area (Å²) in [4.78, 5) is 25.8. The predicted octanol–water partition coefficient (Wildman–Crippen LogP) is 1.51. The molecule has 8 heteroatoms. The van der Waals surface area contributed by atoms with Crippen molar-refractivity contribution in [3.8, 4) is 0 Å². The molecule has 0 radical (unpaired) electrons. The minimum absolute atomic E-state index is 0.110. The van der Waals surface area contributed by atoms with E-state index in [1.54, 1.807) is 0 Å². The van der Waals surface area contributed by atoms with Crippen molar-refractivity contribution in [2.24, 2.45) is 16.8 Å². The quantitative estimate of drug-likeness (QED) is 0.454. The van der Waals surface area contributed by atoms with Gasteiger partial charge in [-0.1, -0.05) is 13.0 Å². The Labute approximate surface area is 173 Å². The lowest BCUT2D eigenvalue weighted by Crippen LogP contribution is -2.41. The number of nitrogens with one attached hydrogen (secondary N) is 1. The highest BCUT2D eigenvalue weighted by atomic mass is 16.5. The first-order chi connectivity index (χ1) is 14.0. The van der Waals surface area contributed by atoms with Crippen molar-refractivity contribution >= 4 is 17.7 Å². The van der Waals surface area contributed by atoms with Gasteiger partial charge in [-0.15, -0.1) is 0 Å². The first-order valence-corrected chi connectivity index (χ1v) is 10.4. The number of aliphatic imine (C=N–C) groups is 1. The van der Waals surface area contributed by atoms with Gasteiger partial charge in [-0.2, -0.15) is 0 Å². The van der Waals surface area contributed by atoms with Crippen LogP contribution in [0.25, 0.3) is 0 Å². The third-order valence-electron chi connectivity index (χ3n) is 5.54. The van der Waals surface area contributed by atoms with Crippen molar-refractivity contribution in [1.29, 1.82) is 0 Å². The Morgan fingerprint density at radius 2 is 2.17 bits per heavy atom. The van der Waals surface area contributed by atoms with Gasteiger partial charge in [0.1, 0.15) is 5.82 Å². The molecule has 1 N–H and O–H groups in total. The summed E-state index contributed by atoms with van der Waals surface area (Å²) in [6.45, 7) is 11.4. The lowest BCUT2D eigenvalue weighted by atomic mass is 9.99. The number of rotatable bonds is 5. The van der Waals surface area contributed by atoms with E-state index in [0.29, 0.717) is 13.1 Å². The van der Waals surface area contributed by atoms with Crippen LogP contribution in [-0.4, -0.2) is 74.4 Å². The highest BCUT2D eigenvalue weighted by molar-refractivity contribution is 5.82. The Kier molecular flexibility index (Phi) is 7.30. The summed E-state index contributed by atoms with van der Waals surface area (Å²) in [5, 5.41) is 3.34. The maximum atomic E-state index is 12.0. The largest absolute Gasteiger partial charge is 0.469 e. The van der Waals surface area contributed by atoms with Crippen LogP contribution in [0.5, 0.6) is 0 Å². The molecule has 160 valence electrons. The molecular formula is C21H33N5O3. The van der Waals surface area contributed by atoms with Crippen LogP contribution in [0.4, 0.5) is 5.82 Å². The van der Waals surface area contributed by atoms with Crippen LogP contribution in [0.3, 0.4) is 0 Å². The first-order valence-electron chi connectivity index (χ1n) is 10.4. The number of morpholine rings is 1. The molecular weight excluding hydrogens is 370 g/mol. The van der Waals surface area contributed by atoms with E-state index in [2.05, 4.69) is 46.1 Å². The van der Waals surface area contributed by atoms with Gasteiger partial charge < -0.3 is 24.6 Å². The number of aromatic nitrogens is 1. The summed E-state index contributed by atoms with van der Waals surface area (Å²) < 4.78 is 10.5. The number of pyridine rings is 1. The van der Waals surface area contributed by atoms with E-state index < -0.39 is 0 Å². The summed E-state index contributed by atoms with van der Waals surface area (Å²) in [5.41, 5.74) is 1.06. The van der Waals surface area contributed by atoms with Crippen LogP contribution in [-0.2, 0) is 20.8 Å². The Bertz CT molecular complexity index is 709. The van der Waals surface area contributed by atoms with Gasteiger partial charge in [-0.3, -0.25) is 4.79 Å². The molecule has 3 atom stereocenters. The van der Waals surface area contributed by atoms with E-state index in [1.807, 2.05) is 13.1 Å². The molecule has 3 heterocycles. The molecule has 0 aromatic carbocycles. The summed E-state index contributed by atoms with van der Waals surface area (Å²) >= 11 is 0. The average molecular weight is 404 g/mol. The maximum absolute atomic E-state index is 12.0. The number of nitrogens with zero attached hydrogens (tertiary/aromatic N) is 4. The van der Waals surface area contributed by atoms with E-state index in [0.717, 1.165) is 50.1 Å². The molecule has 0 spiro atoms. The maximum Gasteiger partial charge on any atom is 0.310 e. The number of carbonyl (C=O) groups is 1. The van der Waals surface area contributed by atoms with E-state index >= 15 is 0 Å². The van der Waals surface area contributed by atoms with Crippen molar-refractivity contribution in [3.05, 3.63) is 23.9 Å². The number of esters is 1. The number of likely N-dealkylation sites (tertiary alicyclic amines) is 1. The van der Waals surface area contributed by atoms with Crippen LogP contribution in [0.15, 0.2) is 23.3 Å². The molecule has 0 aliphatic carbocycles. The number of anilines is 1. The Balaban J connectivity index is 1.63. The molecule has 0 saturated carbocycles. The minimum Gasteiger partial charge on any atom is -0.469 e. The Hall–Kier alpha value is -2.35. The van der Waals surface area contributed by atoms with Crippen LogP contribution < -0.4 is 10.2 Å². The summed E-state index contributed by atoms with van der Waals surface area (Å²) in [6, 6.07) is 4.14. The fourth-order valence-corrected chi connectivity index (χ4v) is 3.91. The van der Waals surface area contributed by atoms with Gasteiger partial charge in [-0.05, 0) is 31.4 Å². The Morgan fingerprint density at radius 3 is 2.83 bits per heavy atom. The van der Waals surface area contributed by atoms with Crippen molar-refractivity contribution in [2.75, 3.05) is 51.3 Å². The molecule has 3 unspecified atom stereocenters. The van der Waals surface area contributed by atoms with Crippen LogP contribution in [0.1, 0.15) is 26.3 Å². The van der Waals surface area contributed by atoms with Gasteiger partial charge in [-0.25, -0.2) is 9.98 Å². The molecule has 2 fully saturated rings. The van der Waals surface area contributed by atoms with Gasteiger partial charge in [0, 0.05) is 38.9 Å². The van der Waals surface area contributed by atoms with Crippen molar-refractivity contribution in [3.63, 3.8) is 0 Å². The average Bonchev–Trinajstić information content (AvgIpc) is 3.12. The second-order valence-corrected chi connectivity index (χ2v) is 7.83. The molecule has 3 rings (SSSR count). The summed E-state index contributed by atoms with van der Waals surface area (Å²) in [5.74, 6) is 1.79. The molecule has 1 aromatic heterocycles. The molecule has 0 amide bonds. The lowest BCUT2D eigenvalue weighted by Gasteiger charge is -2.32. The zero-order valence-corrected chi connectivity index (χ0v) is 17.9. The van der Waals surface area contributed by atoms with Crippen LogP contribution in [0, 0.1) is 11.8 Å². The smallest absolute Gasteiger partial charge is 0.310 e. The lowest BCUT2D eigenvalue weighted by molar-refractivity contribution is -0.145. The summed E-state index contributed by atoms with van der Waals surface area (Å²) in [6.07, 6.45) is 2.13. The van der Waals surface area contributed by atoms with Crippen molar-refractivity contribution in [1.82, 2.24) is 15.2 Å².